The number of methoxy groups -OCH3 is 1. The summed E-state index contributed by atoms with van der Waals surface area (Å²) in [6.07, 6.45) is 2.94. The van der Waals surface area contributed by atoms with Crippen molar-refractivity contribution in [3.63, 3.8) is 0 Å². The van der Waals surface area contributed by atoms with E-state index in [-0.39, 0.29) is 17.3 Å². The molecule has 5 nitrogen and oxygen atoms in total. The van der Waals surface area contributed by atoms with Crippen molar-refractivity contribution in [2.75, 3.05) is 24.3 Å². The molecule has 19 heavy (non-hydrogen) atoms. The van der Waals surface area contributed by atoms with Gasteiger partial charge < -0.3 is 15.4 Å². The Morgan fingerprint density at radius 3 is 2.74 bits per heavy atom. The lowest BCUT2D eigenvalue weighted by atomic mass is 9.68. The molecule has 1 heterocycles. The minimum absolute atomic E-state index is 0.0795. The summed E-state index contributed by atoms with van der Waals surface area (Å²) in [5.74, 6) is -0.297. The predicted octanol–water partition coefficient (Wildman–Crippen LogP) is 2.01. The fourth-order valence-corrected chi connectivity index (χ4v) is 2.65. The number of benzene rings is 1. The number of carbonyl (C=O) groups excluding carboxylic acids is 2. The van der Waals surface area contributed by atoms with Gasteiger partial charge in [-0.1, -0.05) is 6.42 Å². The second kappa shape index (κ2) is 4.26. The molecule has 100 valence electrons. The zero-order valence-electron chi connectivity index (χ0n) is 10.8. The third-order valence-electron chi connectivity index (χ3n) is 4.10. The predicted molar refractivity (Wildman–Crippen MR) is 71.2 cm³/mol. The molecule has 5 heteroatoms. The SMILES string of the molecule is COC(=O)c1ccc2c(c1)NCC1(CCC1)C(=O)N2. The lowest BCUT2D eigenvalue weighted by Crippen LogP contribution is -2.45. The molecule has 1 spiro atoms. The van der Waals surface area contributed by atoms with E-state index >= 15 is 0 Å². The van der Waals surface area contributed by atoms with Crippen LogP contribution in [0, 0.1) is 5.41 Å². The minimum Gasteiger partial charge on any atom is -0.465 e. The highest BCUT2D eigenvalue weighted by Crippen LogP contribution is 2.44. The number of anilines is 2. The molecule has 0 aromatic heterocycles. The van der Waals surface area contributed by atoms with Crippen molar-refractivity contribution in [1.29, 1.82) is 0 Å². The molecule has 1 saturated carbocycles. The molecule has 0 unspecified atom stereocenters. The van der Waals surface area contributed by atoms with Crippen molar-refractivity contribution in [2.24, 2.45) is 5.41 Å². The number of nitrogens with one attached hydrogen (secondary N) is 2. The van der Waals surface area contributed by atoms with Gasteiger partial charge in [0.1, 0.15) is 0 Å². The molecule has 1 amide bonds. The van der Waals surface area contributed by atoms with E-state index in [1.54, 1.807) is 18.2 Å². The molecule has 1 aromatic carbocycles. The summed E-state index contributed by atoms with van der Waals surface area (Å²) in [7, 11) is 1.35. The van der Waals surface area contributed by atoms with Crippen molar-refractivity contribution >= 4 is 23.3 Å². The monoisotopic (exact) mass is 260 g/mol. The van der Waals surface area contributed by atoms with Gasteiger partial charge >= 0.3 is 5.97 Å². The summed E-state index contributed by atoms with van der Waals surface area (Å²) in [6.45, 7) is 0.621. The minimum atomic E-state index is -0.376. The van der Waals surface area contributed by atoms with Crippen LogP contribution in [0.25, 0.3) is 0 Å². The zero-order valence-corrected chi connectivity index (χ0v) is 10.8. The standard InChI is InChI=1S/C14H16N2O3/c1-19-12(17)9-3-4-10-11(7-9)15-8-14(5-2-6-14)13(18)16-10/h3-4,7,15H,2,5-6,8H2,1H3,(H,16,18). The fraction of sp³-hybridized carbons (Fsp3) is 0.429. The Kier molecular flexibility index (Phi) is 2.69. The van der Waals surface area contributed by atoms with Crippen molar-refractivity contribution in [3.05, 3.63) is 23.8 Å². The number of esters is 1. The van der Waals surface area contributed by atoms with Crippen LogP contribution in [0.3, 0.4) is 0 Å². The molecule has 1 aliphatic heterocycles. The van der Waals surface area contributed by atoms with E-state index in [0.29, 0.717) is 12.1 Å². The van der Waals surface area contributed by atoms with Crippen molar-refractivity contribution in [2.45, 2.75) is 19.3 Å². The maximum atomic E-state index is 12.2. The first-order chi connectivity index (χ1) is 9.14. The molecule has 1 aromatic rings. The molecule has 0 atom stereocenters. The summed E-state index contributed by atoms with van der Waals surface area (Å²) in [5, 5.41) is 6.22. The van der Waals surface area contributed by atoms with Gasteiger partial charge in [-0.25, -0.2) is 4.79 Å². The molecule has 2 N–H and O–H groups in total. The van der Waals surface area contributed by atoms with Crippen LogP contribution in [-0.2, 0) is 9.53 Å². The molecular formula is C14H16N2O3. The third kappa shape index (κ3) is 1.85. The maximum Gasteiger partial charge on any atom is 0.337 e. The summed E-state index contributed by atoms with van der Waals surface area (Å²) < 4.78 is 4.70. The number of carbonyl (C=O) groups is 2. The Labute approximate surface area is 111 Å². The number of fused-ring (bicyclic) bond motifs is 1. The highest BCUT2D eigenvalue weighted by molar-refractivity contribution is 6.01. The molecule has 1 aliphatic carbocycles. The first-order valence-corrected chi connectivity index (χ1v) is 6.42. The number of hydrogen-bond donors (Lipinski definition) is 2. The van der Waals surface area contributed by atoms with E-state index in [1.165, 1.54) is 7.11 Å². The molecule has 2 aliphatic rings. The summed E-state index contributed by atoms with van der Waals surface area (Å²) >= 11 is 0. The van der Waals surface area contributed by atoms with Crippen LogP contribution < -0.4 is 10.6 Å². The van der Waals surface area contributed by atoms with Crippen molar-refractivity contribution in [3.8, 4) is 0 Å². The van der Waals surface area contributed by atoms with Gasteiger partial charge in [-0.15, -0.1) is 0 Å². The van der Waals surface area contributed by atoms with Gasteiger partial charge in [0.2, 0.25) is 5.91 Å². The van der Waals surface area contributed by atoms with Gasteiger partial charge in [-0.3, -0.25) is 4.79 Å². The summed E-state index contributed by atoms with van der Waals surface area (Å²) in [4.78, 5) is 23.7. The Morgan fingerprint density at radius 2 is 2.11 bits per heavy atom. The van der Waals surface area contributed by atoms with Gasteiger partial charge in [0.05, 0.1) is 29.5 Å². The maximum absolute atomic E-state index is 12.2. The molecule has 3 rings (SSSR count). The van der Waals surface area contributed by atoms with E-state index in [4.69, 9.17) is 4.74 Å². The molecule has 0 bridgehead atoms. The Balaban J connectivity index is 1.92. The number of ether oxygens (including phenoxy) is 1. The normalized spacial score (nSPS) is 19.5. The van der Waals surface area contributed by atoms with E-state index < -0.39 is 0 Å². The second-order valence-corrected chi connectivity index (χ2v) is 5.19. The lowest BCUT2D eigenvalue weighted by Gasteiger charge is -2.38. The largest absolute Gasteiger partial charge is 0.465 e. The van der Waals surface area contributed by atoms with Gasteiger partial charge in [0.15, 0.2) is 0 Å². The van der Waals surface area contributed by atoms with E-state index in [0.717, 1.165) is 30.6 Å². The van der Waals surface area contributed by atoms with Gasteiger partial charge in [-0.2, -0.15) is 0 Å². The highest BCUT2D eigenvalue weighted by atomic mass is 16.5. The number of amides is 1. The average molecular weight is 260 g/mol. The first kappa shape index (κ1) is 12.0. The molecular weight excluding hydrogens is 244 g/mol. The van der Waals surface area contributed by atoms with Crippen LogP contribution >= 0.6 is 0 Å². The topological polar surface area (TPSA) is 67.4 Å². The highest BCUT2D eigenvalue weighted by Gasteiger charge is 2.45. The van der Waals surface area contributed by atoms with Crippen LogP contribution in [0.1, 0.15) is 29.6 Å². The van der Waals surface area contributed by atoms with Crippen molar-refractivity contribution < 1.29 is 14.3 Å². The lowest BCUT2D eigenvalue weighted by molar-refractivity contribution is -0.129. The van der Waals surface area contributed by atoms with Crippen LogP contribution in [-0.4, -0.2) is 25.5 Å². The van der Waals surface area contributed by atoms with Crippen LogP contribution in [0.4, 0.5) is 11.4 Å². The van der Waals surface area contributed by atoms with E-state index in [1.807, 2.05) is 0 Å². The quantitative estimate of drug-likeness (QED) is 0.758. The second-order valence-electron chi connectivity index (χ2n) is 5.19. The fourth-order valence-electron chi connectivity index (χ4n) is 2.65. The van der Waals surface area contributed by atoms with E-state index in [9.17, 15) is 9.59 Å². The Bertz CT molecular complexity index is 550. The summed E-state index contributed by atoms with van der Waals surface area (Å²) in [6, 6.07) is 5.12. The summed E-state index contributed by atoms with van der Waals surface area (Å²) in [5.41, 5.74) is 1.71. The molecule has 0 saturated heterocycles. The van der Waals surface area contributed by atoms with E-state index in [2.05, 4.69) is 10.6 Å². The third-order valence-corrected chi connectivity index (χ3v) is 4.10. The van der Waals surface area contributed by atoms with Crippen LogP contribution in [0.15, 0.2) is 18.2 Å². The Morgan fingerprint density at radius 1 is 1.32 bits per heavy atom. The van der Waals surface area contributed by atoms with Crippen LogP contribution in [0.2, 0.25) is 0 Å². The number of rotatable bonds is 1. The average Bonchev–Trinajstić information content (AvgIpc) is 2.52. The van der Waals surface area contributed by atoms with Gasteiger partial charge in [0.25, 0.3) is 0 Å². The van der Waals surface area contributed by atoms with Gasteiger partial charge in [0, 0.05) is 6.54 Å². The smallest absolute Gasteiger partial charge is 0.337 e. The Hall–Kier alpha value is -2.04. The first-order valence-electron chi connectivity index (χ1n) is 6.42. The van der Waals surface area contributed by atoms with Crippen LogP contribution in [0.5, 0.6) is 0 Å². The number of hydrogen-bond acceptors (Lipinski definition) is 4. The zero-order chi connectivity index (χ0) is 13.5. The van der Waals surface area contributed by atoms with Gasteiger partial charge in [-0.05, 0) is 31.0 Å². The van der Waals surface area contributed by atoms with Crippen molar-refractivity contribution in [1.82, 2.24) is 0 Å². The molecule has 1 fully saturated rings. The molecule has 0 radical (unpaired) electrons.